The van der Waals surface area contributed by atoms with Gasteiger partial charge >= 0.3 is 0 Å². The monoisotopic (exact) mass is 294 g/mol. The van der Waals surface area contributed by atoms with Crippen LogP contribution < -0.4 is 5.73 Å². The molecule has 0 radical (unpaired) electrons. The molecule has 0 saturated carbocycles. The lowest BCUT2D eigenvalue weighted by atomic mass is 10.1. The molecule has 0 fully saturated rings. The highest BCUT2D eigenvalue weighted by Gasteiger charge is 2.08. The molecule has 3 rings (SSSR count). The molecule has 0 amide bonds. The number of pyridine rings is 1. The van der Waals surface area contributed by atoms with Crippen LogP contribution in [0.15, 0.2) is 59.6 Å². The van der Waals surface area contributed by atoms with Crippen LogP contribution in [0.3, 0.4) is 0 Å². The molecule has 1 heterocycles. The highest BCUT2D eigenvalue weighted by atomic mass is 32.2. The molecule has 2 aromatic carbocycles. The number of aryl methyl sites for hydroxylation is 1. The molecule has 0 aliphatic carbocycles. The van der Waals surface area contributed by atoms with Gasteiger partial charge in [0.1, 0.15) is 0 Å². The number of fused-ring (bicyclic) bond motifs is 1. The summed E-state index contributed by atoms with van der Waals surface area (Å²) in [6.07, 6.45) is 1.90. The van der Waals surface area contributed by atoms with Crippen molar-refractivity contribution >= 4 is 22.7 Å². The summed E-state index contributed by atoms with van der Waals surface area (Å²) in [5, 5.41) is 1.19. The molecule has 0 unspecified atom stereocenters. The number of rotatable bonds is 4. The highest BCUT2D eigenvalue weighted by molar-refractivity contribution is 7.98. The number of aromatic nitrogens is 1. The van der Waals surface area contributed by atoms with Crippen molar-refractivity contribution in [3.05, 3.63) is 71.4 Å². The smallest absolute Gasteiger partial charge is 0.0713 e. The van der Waals surface area contributed by atoms with Crippen molar-refractivity contribution in [2.45, 2.75) is 24.1 Å². The molecule has 2 nitrogen and oxygen atoms in total. The Bertz CT molecular complexity index is 768. The third-order valence-electron chi connectivity index (χ3n) is 3.49. The minimum Gasteiger partial charge on any atom is -0.326 e. The minimum atomic E-state index is 0.522. The van der Waals surface area contributed by atoms with Gasteiger partial charge in [-0.05, 0) is 24.1 Å². The Morgan fingerprint density at radius 3 is 2.76 bits per heavy atom. The Kier molecular flexibility index (Phi) is 4.23. The largest absolute Gasteiger partial charge is 0.326 e. The summed E-state index contributed by atoms with van der Waals surface area (Å²) in [5.74, 6) is 0.947. The number of hydrogen-bond donors (Lipinski definition) is 1. The molecule has 0 bridgehead atoms. The minimum absolute atomic E-state index is 0.522. The predicted molar refractivity (Wildman–Crippen MR) is 90.4 cm³/mol. The zero-order valence-electron chi connectivity index (χ0n) is 12.0. The second-order valence-corrected chi connectivity index (χ2v) is 6.10. The van der Waals surface area contributed by atoms with Gasteiger partial charge in [0.15, 0.2) is 0 Å². The van der Waals surface area contributed by atoms with Gasteiger partial charge in [0.25, 0.3) is 0 Å². The average molecular weight is 294 g/mol. The Hall–Kier alpha value is -1.84. The molecule has 21 heavy (non-hydrogen) atoms. The van der Waals surface area contributed by atoms with Crippen molar-refractivity contribution in [2.75, 3.05) is 0 Å². The van der Waals surface area contributed by atoms with Gasteiger partial charge in [0, 0.05) is 28.8 Å². The topological polar surface area (TPSA) is 38.9 Å². The summed E-state index contributed by atoms with van der Waals surface area (Å²) in [6.45, 7) is 2.65. The van der Waals surface area contributed by atoms with Gasteiger partial charge in [-0.1, -0.05) is 48.0 Å². The van der Waals surface area contributed by atoms with Crippen LogP contribution in [0.25, 0.3) is 10.9 Å². The van der Waals surface area contributed by atoms with Crippen LogP contribution in [0.2, 0.25) is 0 Å². The third-order valence-corrected chi connectivity index (χ3v) is 4.73. The van der Waals surface area contributed by atoms with Gasteiger partial charge in [-0.2, -0.15) is 0 Å². The molecule has 1 aromatic heterocycles. The number of nitrogens with zero attached hydrogens (tertiary/aromatic N) is 1. The predicted octanol–water partition coefficient (Wildman–Crippen LogP) is 4.29. The summed E-state index contributed by atoms with van der Waals surface area (Å²) < 4.78 is 0. The van der Waals surface area contributed by atoms with E-state index in [1.54, 1.807) is 0 Å². The Labute approximate surface area is 129 Å². The maximum atomic E-state index is 5.88. The van der Waals surface area contributed by atoms with Gasteiger partial charge in [-0.3, -0.25) is 4.98 Å². The van der Waals surface area contributed by atoms with Crippen molar-refractivity contribution in [3.8, 4) is 0 Å². The number of para-hydroxylation sites is 1. The molecule has 0 aliphatic rings. The van der Waals surface area contributed by atoms with E-state index in [-0.39, 0.29) is 0 Å². The SMILES string of the molecule is Cc1cccc(CSc2c(CN)cnc3ccccc23)c1. The molecule has 0 saturated heterocycles. The first-order valence-corrected chi connectivity index (χ1v) is 8.01. The number of benzene rings is 2. The van der Waals surface area contributed by atoms with Crippen LogP contribution in [0.5, 0.6) is 0 Å². The van der Waals surface area contributed by atoms with Crippen LogP contribution in [-0.4, -0.2) is 4.98 Å². The number of hydrogen-bond acceptors (Lipinski definition) is 3. The zero-order valence-corrected chi connectivity index (χ0v) is 12.9. The van der Waals surface area contributed by atoms with Crippen LogP contribution in [0.4, 0.5) is 0 Å². The first-order valence-electron chi connectivity index (χ1n) is 7.03. The van der Waals surface area contributed by atoms with Crippen molar-refractivity contribution in [1.29, 1.82) is 0 Å². The van der Waals surface area contributed by atoms with Crippen molar-refractivity contribution in [2.24, 2.45) is 5.73 Å². The lowest BCUT2D eigenvalue weighted by Crippen LogP contribution is -2.00. The second-order valence-electron chi connectivity index (χ2n) is 5.11. The van der Waals surface area contributed by atoms with Crippen LogP contribution >= 0.6 is 11.8 Å². The molecule has 2 N–H and O–H groups in total. The Balaban J connectivity index is 1.95. The van der Waals surface area contributed by atoms with E-state index in [1.807, 2.05) is 30.1 Å². The van der Waals surface area contributed by atoms with Gasteiger partial charge < -0.3 is 5.73 Å². The van der Waals surface area contributed by atoms with E-state index in [4.69, 9.17) is 5.73 Å². The first-order chi connectivity index (χ1) is 10.3. The van der Waals surface area contributed by atoms with E-state index in [1.165, 1.54) is 21.4 Å². The van der Waals surface area contributed by atoms with Gasteiger partial charge in [-0.25, -0.2) is 0 Å². The fourth-order valence-electron chi connectivity index (χ4n) is 2.43. The lowest BCUT2D eigenvalue weighted by Gasteiger charge is -2.11. The maximum Gasteiger partial charge on any atom is 0.0713 e. The number of nitrogens with two attached hydrogens (primary N) is 1. The Morgan fingerprint density at radius 2 is 1.95 bits per heavy atom. The molecule has 3 aromatic rings. The summed E-state index contributed by atoms with van der Waals surface area (Å²) in [5.41, 5.74) is 10.7. The quantitative estimate of drug-likeness (QED) is 0.729. The molecule has 3 heteroatoms. The molecular formula is C18H18N2S. The number of thioether (sulfide) groups is 1. The van der Waals surface area contributed by atoms with Crippen LogP contribution in [0, 0.1) is 6.92 Å². The third kappa shape index (κ3) is 3.09. The molecule has 106 valence electrons. The average Bonchev–Trinajstić information content (AvgIpc) is 2.52. The Morgan fingerprint density at radius 1 is 1.10 bits per heavy atom. The van der Waals surface area contributed by atoms with Crippen LogP contribution in [-0.2, 0) is 12.3 Å². The van der Waals surface area contributed by atoms with Gasteiger partial charge in [0.2, 0.25) is 0 Å². The normalized spacial score (nSPS) is 11.0. The van der Waals surface area contributed by atoms with Crippen molar-refractivity contribution < 1.29 is 0 Å². The molecule has 0 spiro atoms. The molecule has 0 atom stereocenters. The molecule has 0 aliphatic heterocycles. The summed E-state index contributed by atoms with van der Waals surface area (Å²) in [4.78, 5) is 5.74. The maximum absolute atomic E-state index is 5.88. The highest BCUT2D eigenvalue weighted by Crippen LogP contribution is 2.32. The van der Waals surface area contributed by atoms with Crippen molar-refractivity contribution in [1.82, 2.24) is 4.98 Å². The van der Waals surface area contributed by atoms with Gasteiger partial charge in [0.05, 0.1) is 5.52 Å². The second kappa shape index (κ2) is 6.29. The summed E-state index contributed by atoms with van der Waals surface area (Å²) in [7, 11) is 0. The first kappa shape index (κ1) is 14.1. The fraction of sp³-hybridized carbons (Fsp3) is 0.167. The van der Waals surface area contributed by atoms with E-state index < -0.39 is 0 Å². The summed E-state index contributed by atoms with van der Waals surface area (Å²) >= 11 is 1.84. The van der Waals surface area contributed by atoms with Crippen molar-refractivity contribution in [3.63, 3.8) is 0 Å². The fourth-order valence-corrected chi connectivity index (χ4v) is 3.57. The van der Waals surface area contributed by atoms with E-state index in [0.29, 0.717) is 6.54 Å². The van der Waals surface area contributed by atoms with Crippen LogP contribution in [0.1, 0.15) is 16.7 Å². The summed E-state index contributed by atoms with van der Waals surface area (Å²) in [6, 6.07) is 16.9. The standard InChI is InChI=1S/C18H18N2S/c1-13-5-4-6-14(9-13)12-21-18-15(10-19)11-20-17-8-3-2-7-16(17)18/h2-9,11H,10,12,19H2,1H3. The lowest BCUT2D eigenvalue weighted by molar-refractivity contribution is 1.02. The van der Waals surface area contributed by atoms with E-state index in [9.17, 15) is 0 Å². The van der Waals surface area contributed by atoms with Gasteiger partial charge in [-0.15, -0.1) is 11.8 Å². The van der Waals surface area contributed by atoms with E-state index >= 15 is 0 Å². The zero-order chi connectivity index (χ0) is 14.7. The van der Waals surface area contributed by atoms with E-state index in [0.717, 1.165) is 16.8 Å². The van der Waals surface area contributed by atoms with E-state index in [2.05, 4.69) is 48.3 Å². The molecular weight excluding hydrogens is 276 g/mol.